The first-order chi connectivity index (χ1) is 9.67. The third-order valence-electron chi connectivity index (χ3n) is 4.02. The van der Waals surface area contributed by atoms with Crippen LogP contribution < -0.4 is 10.2 Å². The number of ether oxygens (including phenoxy) is 1. The van der Waals surface area contributed by atoms with Crippen LogP contribution in [0.2, 0.25) is 0 Å². The van der Waals surface area contributed by atoms with Crippen LogP contribution >= 0.6 is 0 Å². The molecule has 1 aromatic carbocycles. The van der Waals surface area contributed by atoms with Crippen molar-refractivity contribution in [3.8, 4) is 5.75 Å². The van der Waals surface area contributed by atoms with E-state index in [-0.39, 0.29) is 6.04 Å². The molecule has 4 nitrogen and oxygen atoms in total. The minimum atomic E-state index is 0.167. The molecular weight excluding hydrogens is 252 g/mol. The van der Waals surface area contributed by atoms with E-state index in [1.807, 2.05) is 12.1 Å². The summed E-state index contributed by atoms with van der Waals surface area (Å²) < 4.78 is 5.53. The minimum absolute atomic E-state index is 0.167. The van der Waals surface area contributed by atoms with E-state index in [9.17, 15) is 5.11 Å². The average Bonchev–Trinajstić information content (AvgIpc) is 2.47. The van der Waals surface area contributed by atoms with Crippen molar-refractivity contribution >= 4 is 5.69 Å². The summed E-state index contributed by atoms with van der Waals surface area (Å²) in [7, 11) is 0. The highest BCUT2D eigenvalue weighted by molar-refractivity contribution is 5.55. The van der Waals surface area contributed by atoms with E-state index in [2.05, 4.69) is 37.1 Å². The number of rotatable bonds is 5. The van der Waals surface area contributed by atoms with E-state index in [0.717, 1.165) is 44.0 Å². The van der Waals surface area contributed by atoms with E-state index in [1.54, 1.807) is 0 Å². The molecule has 0 spiro atoms. The van der Waals surface area contributed by atoms with Gasteiger partial charge in [-0.25, -0.2) is 0 Å². The molecule has 0 saturated carbocycles. The molecule has 0 bridgehead atoms. The zero-order valence-electron chi connectivity index (χ0n) is 12.7. The summed E-state index contributed by atoms with van der Waals surface area (Å²) in [6.45, 7) is 9.63. The summed E-state index contributed by atoms with van der Waals surface area (Å²) in [5.74, 6) is 0.372. The molecule has 0 aromatic heterocycles. The molecule has 112 valence electrons. The van der Waals surface area contributed by atoms with Crippen LogP contribution in [0.25, 0.3) is 0 Å². The Labute approximate surface area is 121 Å². The SMILES string of the molecule is CCNC(C)c1ccc(N2CCOCC2CC)cc1O. The van der Waals surface area contributed by atoms with Gasteiger partial charge < -0.3 is 20.1 Å². The largest absolute Gasteiger partial charge is 0.508 e. The number of nitrogens with zero attached hydrogens (tertiary/aromatic N) is 1. The number of morpholine rings is 1. The minimum Gasteiger partial charge on any atom is -0.508 e. The van der Waals surface area contributed by atoms with Crippen molar-refractivity contribution in [3.05, 3.63) is 23.8 Å². The second kappa shape index (κ2) is 6.95. The van der Waals surface area contributed by atoms with Gasteiger partial charge in [-0.2, -0.15) is 0 Å². The molecular formula is C16H26N2O2. The first kappa shape index (κ1) is 15.1. The maximum absolute atomic E-state index is 10.3. The zero-order chi connectivity index (χ0) is 14.5. The number of aromatic hydroxyl groups is 1. The van der Waals surface area contributed by atoms with Crippen molar-refractivity contribution in [1.82, 2.24) is 5.32 Å². The van der Waals surface area contributed by atoms with Gasteiger partial charge in [-0.3, -0.25) is 0 Å². The van der Waals surface area contributed by atoms with E-state index in [0.29, 0.717) is 11.8 Å². The highest BCUT2D eigenvalue weighted by Crippen LogP contribution is 2.31. The quantitative estimate of drug-likeness (QED) is 0.869. The Balaban J connectivity index is 2.19. The summed E-state index contributed by atoms with van der Waals surface area (Å²) in [6, 6.07) is 6.59. The fraction of sp³-hybridized carbons (Fsp3) is 0.625. The van der Waals surface area contributed by atoms with Gasteiger partial charge in [0.15, 0.2) is 0 Å². The number of hydrogen-bond donors (Lipinski definition) is 2. The van der Waals surface area contributed by atoms with Crippen molar-refractivity contribution < 1.29 is 9.84 Å². The van der Waals surface area contributed by atoms with Crippen molar-refractivity contribution in [2.45, 2.75) is 39.3 Å². The molecule has 2 rings (SSSR count). The van der Waals surface area contributed by atoms with Gasteiger partial charge in [0.1, 0.15) is 5.75 Å². The number of nitrogens with one attached hydrogen (secondary N) is 1. The smallest absolute Gasteiger partial charge is 0.122 e. The summed E-state index contributed by atoms with van der Waals surface area (Å²) in [5, 5.41) is 13.6. The summed E-state index contributed by atoms with van der Waals surface area (Å²) in [5.41, 5.74) is 2.04. The molecule has 2 unspecified atom stereocenters. The molecule has 2 N–H and O–H groups in total. The van der Waals surface area contributed by atoms with Gasteiger partial charge in [-0.1, -0.05) is 19.9 Å². The normalized spacial score (nSPS) is 20.9. The zero-order valence-corrected chi connectivity index (χ0v) is 12.7. The highest BCUT2D eigenvalue weighted by atomic mass is 16.5. The fourth-order valence-corrected chi connectivity index (χ4v) is 2.83. The molecule has 0 amide bonds. The van der Waals surface area contributed by atoms with Crippen molar-refractivity contribution in [1.29, 1.82) is 0 Å². The van der Waals surface area contributed by atoms with E-state index >= 15 is 0 Å². The molecule has 1 fully saturated rings. The van der Waals surface area contributed by atoms with Crippen molar-refractivity contribution in [2.75, 3.05) is 31.2 Å². The Hall–Kier alpha value is -1.26. The molecule has 1 saturated heterocycles. The van der Waals surface area contributed by atoms with Crippen LogP contribution in [-0.2, 0) is 4.74 Å². The lowest BCUT2D eigenvalue weighted by Crippen LogP contribution is -2.45. The maximum atomic E-state index is 10.3. The van der Waals surface area contributed by atoms with Crippen LogP contribution in [0, 0.1) is 0 Å². The first-order valence-electron chi connectivity index (χ1n) is 7.58. The fourth-order valence-electron chi connectivity index (χ4n) is 2.83. The van der Waals surface area contributed by atoms with Crippen LogP contribution in [0.5, 0.6) is 5.75 Å². The van der Waals surface area contributed by atoms with Crippen LogP contribution in [0.3, 0.4) is 0 Å². The van der Waals surface area contributed by atoms with Gasteiger partial charge in [0.25, 0.3) is 0 Å². The van der Waals surface area contributed by atoms with Crippen LogP contribution in [-0.4, -0.2) is 37.5 Å². The third-order valence-corrected chi connectivity index (χ3v) is 4.02. The standard InChI is InChI=1S/C16H26N2O2/c1-4-13-11-20-9-8-18(13)14-6-7-15(16(19)10-14)12(3)17-5-2/h6-7,10,12-13,17,19H,4-5,8-9,11H2,1-3H3. The van der Waals surface area contributed by atoms with Crippen LogP contribution in [0.1, 0.15) is 38.8 Å². The Bertz CT molecular complexity index is 436. The van der Waals surface area contributed by atoms with Crippen LogP contribution in [0.15, 0.2) is 18.2 Å². The molecule has 1 aliphatic heterocycles. The molecule has 20 heavy (non-hydrogen) atoms. The second-order valence-electron chi connectivity index (χ2n) is 5.35. The number of phenols is 1. The Morgan fingerprint density at radius 1 is 1.45 bits per heavy atom. The molecule has 2 atom stereocenters. The average molecular weight is 278 g/mol. The maximum Gasteiger partial charge on any atom is 0.122 e. The lowest BCUT2D eigenvalue weighted by Gasteiger charge is -2.37. The predicted molar refractivity (Wildman–Crippen MR) is 82.4 cm³/mol. The Morgan fingerprint density at radius 3 is 2.90 bits per heavy atom. The van der Waals surface area contributed by atoms with Gasteiger partial charge in [-0.05, 0) is 26.0 Å². The van der Waals surface area contributed by atoms with Crippen molar-refractivity contribution in [3.63, 3.8) is 0 Å². The van der Waals surface area contributed by atoms with E-state index in [1.165, 1.54) is 0 Å². The van der Waals surface area contributed by atoms with Gasteiger partial charge in [-0.15, -0.1) is 0 Å². The molecule has 1 aromatic rings. The molecule has 0 aliphatic carbocycles. The molecule has 1 aliphatic rings. The molecule has 1 heterocycles. The Kier molecular flexibility index (Phi) is 5.26. The monoisotopic (exact) mass is 278 g/mol. The predicted octanol–water partition coefficient (Wildman–Crippen LogP) is 2.68. The number of hydrogen-bond acceptors (Lipinski definition) is 4. The lowest BCUT2D eigenvalue weighted by molar-refractivity contribution is 0.0930. The van der Waals surface area contributed by atoms with Crippen molar-refractivity contribution in [2.24, 2.45) is 0 Å². The van der Waals surface area contributed by atoms with Gasteiger partial charge >= 0.3 is 0 Å². The first-order valence-corrected chi connectivity index (χ1v) is 7.58. The van der Waals surface area contributed by atoms with E-state index < -0.39 is 0 Å². The summed E-state index contributed by atoms with van der Waals surface area (Å²) in [6.07, 6.45) is 1.05. The second-order valence-corrected chi connectivity index (χ2v) is 5.35. The topological polar surface area (TPSA) is 44.7 Å². The summed E-state index contributed by atoms with van der Waals surface area (Å²) >= 11 is 0. The number of anilines is 1. The van der Waals surface area contributed by atoms with Gasteiger partial charge in [0.2, 0.25) is 0 Å². The Morgan fingerprint density at radius 2 is 2.25 bits per heavy atom. The van der Waals surface area contributed by atoms with Gasteiger partial charge in [0, 0.05) is 29.9 Å². The number of benzene rings is 1. The number of phenolic OH excluding ortho intramolecular Hbond substituents is 1. The summed E-state index contributed by atoms with van der Waals surface area (Å²) in [4.78, 5) is 2.34. The van der Waals surface area contributed by atoms with E-state index in [4.69, 9.17) is 4.74 Å². The lowest BCUT2D eigenvalue weighted by atomic mass is 10.0. The van der Waals surface area contributed by atoms with Gasteiger partial charge in [0.05, 0.1) is 19.3 Å². The van der Waals surface area contributed by atoms with Crippen LogP contribution in [0.4, 0.5) is 5.69 Å². The highest BCUT2D eigenvalue weighted by Gasteiger charge is 2.22. The third kappa shape index (κ3) is 3.25. The molecule has 0 radical (unpaired) electrons. The molecule has 4 heteroatoms.